The van der Waals surface area contributed by atoms with E-state index in [0.717, 1.165) is 17.4 Å². The fourth-order valence-corrected chi connectivity index (χ4v) is 4.31. The van der Waals surface area contributed by atoms with Gasteiger partial charge < -0.3 is 4.90 Å². The summed E-state index contributed by atoms with van der Waals surface area (Å²) in [6, 6.07) is 22.3. The molecule has 0 fully saturated rings. The molecule has 1 aromatic heterocycles. The van der Waals surface area contributed by atoms with Gasteiger partial charge in [-0.05, 0) is 43.3 Å². The number of carbonyl (C=O) groups excluding carboxylic acids is 1. The molecule has 3 aromatic carbocycles. The van der Waals surface area contributed by atoms with E-state index in [-0.39, 0.29) is 22.3 Å². The monoisotopic (exact) mass is 433 g/mol. The summed E-state index contributed by atoms with van der Waals surface area (Å²) >= 11 is 1.13. The van der Waals surface area contributed by atoms with Crippen molar-refractivity contribution in [1.82, 2.24) is 9.55 Å². The van der Waals surface area contributed by atoms with Crippen LogP contribution in [-0.4, -0.2) is 27.8 Å². The third kappa shape index (κ3) is 4.09. The zero-order valence-corrected chi connectivity index (χ0v) is 17.8. The van der Waals surface area contributed by atoms with Crippen LogP contribution >= 0.6 is 11.8 Å². The minimum absolute atomic E-state index is 0.101. The van der Waals surface area contributed by atoms with Crippen molar-refractivity contribution in [2.75, 3.05) is 11.9 Å². The van der Waals surface area contributed by atoms with E-state index in [1.807, 2.05) is 30.3 Å². The number of halogens is 1. The van der Waals surface area contributed by atoms with E-state index in [2.05, 4.69) is 4.98 Å². The summed E-state index contributed by atoms with van der Waals surface area (Å²) in [5, 5.41) is 0.0860. The fraction of sp³-hybridized carbons (Fsp3) is 0.125. The average molecular weight is 434 g/mol. The molecule has 7 heteroatoms. The molecule has 4 aromatic rings. The number of anilines is 1. The number of aromatic nitrogens is 2. The van der Waals surface area contributed by atoms with Gasteiger partial charge in [0, 0.05) is 12.7 Å². The molecule has 0 aliphatic heterocycles. The summed E-state index contributed by atoms with van der Waals surface area (Å²) in [6.45, 7) is 1.75. The number of fused-ring (bicyclic) bond motifs is 1. The van der Waals surface area contributed by atoms with E-state index in [4.69, 9.17) is 0 Å². The molecule has 0 radical (unpaired) electrons. The molecule has 156 valence electrons. The molecule has 5 nitrogen and oxygen atoms in total. The summed E-state index contributed by atoms with van der Waals surface area (Å²) < 4.78 is 15.9. The van der Waals surface area contributed by atoms with Gasteiger partial charge in [-0.25, -0.2) is 9.37 Å². The number of benzene rings is 3. The molecule has 1 heterocycles. The normalized spacial score (nSPS) is 12.0. The topological polar surface area (TPSA) is 55.2 Å². The van der Waals surface area contributed by atoms with Gasteiger partial charge in [-0.3, -0.25) is 14.2 Å². The molecule has 4 rings (SSSR count). The lowest BCUT2D eigenvalue weighted by molar-refractivity contribution is -0.117. The Morgan fingerprint density at radius 3 is 2.39 bits per heavy atom. The highest BCUT2D eigenvalue weighted by Gasteiger charge is 2.24. The second-order valence-electron chi connectivity index (χ2n) is 7.00. The highest BCUT2D eigenvalue weighted by molar-refractivity contribution is 8.00. The molecule has 31 heavy (non-hydrogen) atoms. The van der Waals surface area contributed by atoms with E-state index < -0.39 is 11.1 Å². The van der Waals surface area contributed by atoms with Crippen molar-refractivity contribution in [3.05, 3.63) is 95.0 Å². The number of nitrogens with zero attached hydrogens (tertiary/aromatic N) is 3. The fourth-order valence-electron chi connectivity index (χ4n) is 3.30. The Hall–Kier alpha value is -3.45. The Balaban J connectivity index is 1.78. The molecule has 0 saturated carbocycles. The Morgan fingerprint density at radius 1 is 1.00 bits per heavy atom. The van der Waals surface area contributed by atoms with Gasteiger partial charge in [-0.15, -0.1) is 0 Å². The van der Waals surface area contributed by atoms with Gasteiger partial charge >= 0.3 is 0 Å². The lowest BCUT2D eigenvalue weighted by Crippen LogP contribution is -2.34. The lowest BCUT2D eigenvalue weighted by atomic mass is 10.2. The second kappa shape index (κ2) is 8.73. The van der Waals surface area contributed by atoms with Gasteiger partial charge in [0.15, 0.2) is 5.16 Å². The second-order valence-corrected chi connectivity index (χ2v) is 8.30. The lowest BCUT2D eigenvalue weighted by Gasteiger charge is -2.22. The van der Waals surface area contributed by atoms with Gasteiger partial charge in [0.05, 0.1) is 21.8 Å². The number of hydrogen-bond donors (Lipinski definition) is 0. The van der Waals surface area contributed by atoms with Crippen molar-refractivity contribution in [2.45, 2.75) is 17.3 Å². The van der Waals surface area contributed by atoms with Gasteiger partial charge in [0.2, 0.25) is 5.91 Å². The maximum atomic E-state index is 14.6. The van der Waals surface area contributed by atoms with E-state index in [0.29, 0.717) is 10.9 Å². The summed E-state index contributed by atoms with van der Waals surface area (Å²) in [5.41, 5.74) is 0.982. The SMILES string of the molecule is C[C@@H](Sc1nc2ccccc2c(=O)n1-c1ccccc1F)C(=O)N(C)c1ccccc1. The molecular formula is C24H20FN3O2S. The van der Waals surface area contributed by atoms with Crippen molar-refractivity contribution in [3.63, 3.8) is 0 Å². The van der Waals surface area contributed by atoms with Crippen LogP contribution in [0.15, 0.2) is 88.8 Å². The molecule has 0 N–H and O–H groups in total. The number of para-hydroxylation sites is 3. The third-order valence-corrected chi connectivity index (χ3v) is 5.98. The molecule has 0 spiro atoms. The van der Waals surface area contributed by atoms with Gasteiger partial charge in [-0.2, -0.15) is 0 Å². The highest BCUT2D eigenvalue weighted by atomic mass is 32.2. The summed E-state index contributed by atoms with van der Waals surface area (Å²) in [4.78, 5) is 32.4. The van der Waals surface area contributed by atoms with Crippen molar-refractivity contribution in [2.24, 2.45) is 0 Å². The Labute approximate surface area is 183 Å². The number of rotatable bonds is 5. The Bertz CT molecular complexity index is 1310. The third-order valence-electron chi connectivity index (χ3n) is 4.94. The van der Waals surface area contributed by atoms with Crippen LogP contribution in [0.4, 0.5) is 10.1 Å². The summed E-state index contributed by atoms with van der Waals surface area (Å²) in [6.07, 6.45) is 0. The predicted molar refractivity (Wildman–Crippen MR) is 122 cm³/mol. The minimum atomic E-state index is -0.559. The van der Waals surface area contributed by atoms with E-state index in [1.54, 1.807) is 55.3 Å². The van der Waals surface area contributed by atoms with Crippen molar-refractivity contribution in [1.29, 1.82) is 0 Å². The quantitative estimate of drug-likeness (QED) is 0.339. The molecule has 0 bridgehead atoms. The van der Waals surface area contributed by atoms with Crippen LogP contribution in [-0.2, 0) is 4.79 Å². The van der Waals surface area contributed by atoms with E-state index in [1.165, 1.54) is 16.7 Å². The first-order chi connectivity index (χ1) is 15.0. The summed E-state index contributed by atoms with van der Waals surface area (Å²) in [7, 11) is 1.70. The van der Waals surface area contributed by atoms with Crippen LogP contribution in [0, 0.1) is 5.82 Å². The minimum Gasteiger partial charge on any atom is -0.315 e. The number of hydrogen-bond acceptors (Lipinski definition) is 4. The van der Waals surface area contributed by atoms with Crippen molar-refractivity contribution >= 4 is 34.3 Å². The van der Waals surface area contributed by atoms with Crippen LogP contribution in [0.1, 0.15) is 6.92 Å². The van der Waals surface area contributed by atoms with Gasteiger partial charge in [0.1, 0.15) is 5.82 Å². The Kier molecular flexibility index (Phi) is 5.86. The maximum absolute atomic E-state index is 14.6. The molecule has 0 unspecified atom stereocenters. The molecule has 1 atom stereocenters. The molecular weight excluding hydrogens is 413 g/mol. The predicted octanol–water partition coefficient (Wildman–Crippen LogP) is 4.67. The number of thioether (sulfide) groups is 1. The van der Waals surface area contributed by atoms with Crippen molar-refractivity contribution < 1.29 is 9.18 Å². The maximum Gasteiger partial charge on any atom is 0.266 e. The standard InChI is InChI=1S/C24H20FN3O2S/c1-16(22(29)27(2)17-10-4-3-5-11-17)31-24-26-20-14-8-6-12-18(20)23(30)28(24)21-15-9-7-13-19(21)25/h3-16H,1-2H3/t16-/m1/s1. The van der Waals surface area contributed by atoms with Crippen LogP contribution in [0.25, 0.3) is 16.6 Å². The largest absolute Gasteiger partial charge is 0.315 e. The smallest absolute Gasteiger partial charge is 0.266 e. The van der Waals surface area contributed by atoms with Crippen molar-refractivity contribution in [3.8, 4) is 5.69 Å². The Morgan fingerprint density at radius 2 is 1.65 bits per heavy atom. The van der Waals surface area contributed by atoms with Gasteiger partial charge in [-0.1, -0.05) is 54.2 Å². The number of amides is 1. The summed E-state index contributed by atoms with van der Waals surface area (Å²) in [5.74, 6) is -0.692. The first-order valence-corrected chi connectivity index (χ1v) is 10.6. The molecule has 0 aliphatic carbocycles. The van der Waals surface area contributed by atoms with E-state index in [9.17, 15) is 14.0 Å². The number of carbonyl (C=O) groups is 1. The molecule has 1 amide bonds. The van der Waals surface area contributed by atoms with Crippen LogP contribution in [0.3, 0.4) is 0 Å². The zero-order chi connectivity index (χ0) is 22.0. The van der Waals surface area contributed by atoms with E-state index >= 15 is 0 Å². The first-order valence-electron chi connectivity index (χ1n) is 9.73. The van der Waals surface area contributed by atoms with Gasteiger partial charge in [0.25, 0.3) is 5.56 Å². The average Bonchev–Trinajstić information content (AvgIpc) is 2.80. The molecule has 0 saturated heterocycles. The molecule has 0 aliphatic rings. The van der Waals surface area contributed by atoms with Crippen LogP contribution in [0.2, 0.25) is 0 Å². The first kappa shape index (κ1) is 20.8. The zero-order valence-electron chi connectivity index (χ0n) is 17.0. The highest BCUT2D eigenvalue weighted by Crippen LogP contribution is 2.27. The van der Waals surface area contributed by atoms with Crippen LogP contribution < -0.4 is 10.5 Å². The van der Waals surface area contributed by atoms with Crippen LogP contribution in [0.5, 0.6) is 0 Å².